The molecule has 7 heteroatoms. The minimum Gasteiger partial charge on any atom is -0.493 e. The smallest absolute Gasteiger partial charge is 0.272 e. The Labute approximate surface area is 152 Å². The Morgan fingerprint density at radius 1 is 1.15 bits per heavy atom. The number of ether oxygens (including phenoxy) is 2. The highest BCUT2D eigenvalue weighted by Crippen LogP contribution is 2.30. The fourth-order valence-electron chi connectivity index (χ4n) is 3.35. The number of hydrogen-bond donors (Lipinski definition) is 0. The molecule has 0 bridgehead atoms. The predicted molar refractivity (Wildman–Crippen MR) is 95.7 cm³/mol. The number of benzene rings is 1. The first-order chi connectivity index (χ1) is 12.5. The first kappa shape index (κ1) is 18.0. The summed E-state index contributed by atoms with van der Waals surface area (Å²) < 4.78 is 12.1. The molecule has 0 radical (unpaired) electrons. The van der Waals surface area contributed by atoms with Crippen LogP contribution in [0.15, 0.2) is 30.5 Å². The molecule has 0 spiro atoms. The van der Waals surface area contributed by atoms with Crippen LogP contribution in [0, 0.1) is 5.92 Å². The summed E-state index contributed by atoms with van der Waals surface area (Å²) in [5.41, 5.74) is 1.10. The summed E-state index contributed by atoms with van der Waals surface area (Å²) in [6, 6.07) is 6.87. The SMILES string of the molecule is COc1ccc(C(=O)[C@@H]2CCCN(C(=O)c3ccnn3C)C2)cc1OC. The maximum absolute atomic E-state index is 12.9. The molecule has 3 rings (SSSR count). The molecule has 0 unspecified atom stereocenters. The molecule has 0 N–H and O–H groups in total. The van der Waals surface area contributed by atoms with Crippen molar-refractivity contribution >= 4 is 11.7 Å². The second kappa shape index (κ2) is 7.59. The van der Waals surface area contributed by atoms with Crippen molar-refractivity contribution in [2.75, 3.05) is 27.3 Å². The molecule has 1 saturated heterocycles. The van der Waals surface area contributed by atoms with Gasteiger partial charge >= 0.3 is 0 Å². The summed E-state index contributed by atoms with van der Waals surface area (Å²) in [5, 5.41) is 4.05. The van der Waals surface area contributed by atoms with Crippen LogP contribution in [0.2, 0.25) is 0 Å². The molecule has 26 heavy (non-hydrogen) atoms. The number of ketones is 1. The second-order valence-corrected chi connectivity index (χ2v) is 6.36. The number of methoxy groups -OCH3 is 2. The number of aryl methyl sites for hydroxylation is 1. The van der Waals surface area contributed by atoms with Gasteiger partial charge < -0.3 is 14.4 Å². The zero-order chi connectivity index (χ0) is 18.7. The summed E-state index contributed by atoms with van der Waals surface area (Å²) in [6.07, 6.45) is 3.17. The maximum atomic E-state index is 12.9. The third-order valence-corrected chi connectivity index (χ3v) is 4.79. The number of likely N-dealkylation sites (tertiary alicyclic amines) is 1. The van der Waals surface area contributed by atoms with Gasteiger partial charge in [-0.1, -0.05) is 0 Å². The molecule has 1 aromatic heterocycles. The first-order valence-corrected chi connectivity index (χ1v) is 8.58. The fraction of sp³-hybridized carbons (Fsp3) is 0.421. The standard InChI is InChI=1S/C19H23N3O4/c1-21-15(8-9-20-21)19(24)22-10-4-5-14(12-22)18(23)13-6-7-16(25-2)17(11-13)26-3/h6-9,11,14H,4-5,10,12H2,1-3H3/t14-/m1/s1. The van der Waals surface area contributed by atoms with E-state index < -0.39 is 0 Å². The van der Waals surface area contributed by atoms with Crippen molar-refractivity contribution in [3.05, 3.63) is 41.7 Å². The molecule has 0 aliphatic carbocycles. The van der Waals surface area contributed by atoms with Crippen LogP contribution in [0.1, 0.15) is 33.7 Å². The van der Waals surface area contributed by atoms with Crippen molar-refractivity contribution in [2.24, 2.45) is 13.0 Å². The van der Waals surface area contributed by atoms with E-state index >= 15 is 0 Å². The molecule has 1 aliphatic heterocycles. The highest BCUT2D eigenvalue weighted by atomic mass is 16.5. The van der Waals surface area contributed by atoms with Crippen molar-refractivity contribution in [3.8, 4) is 11.5 Å². The van der Waals surface area contributed by atoms with Gasteiger partial charge in [-0.05, 0) is 37.1 Å². The van der Waals surface area contributed by atoms with Gasteiger partial charge in [0.1, 0.15) is 5.69 Å². The summed E-state index contributed by atoms with van der Waals surface area (Å²) in [6.45, 7) is 1.07. The Morgan fingerprint density at radius 3 is 2.58 bits per heavy atom. The van der Waals surface area contributed by atoms with E-state index in [0.29, 0.717) is 35.8 Å². The first-order valence-electron chi connectivity index (χ1n) is 8.58. The Kier molecular flexibility index (Phi) is 5.25. The number of Topliss-reactive ketones (excluding diaryl/α,β-unsaturated/α-hetero) is 1. The van der Waals surface area contributed by atoms with Crippen LogP contribution in [0.25, 0.3) is 0 Å². The van der Waals surface area contributed by atoms with Crippen LogP contribution in [0.3, 0.4) is 0 Å². The number of amides is 1. The topological polar surface area (TPSA) is 73.7 Å². The van der Waals surface area contributed by atoms with Gasteiger partial charge in [0.25, 0.3) is 5.91 Å². The van der Waals surface area contributed by atoms with E-state index in [1.54, 1.807) is 61.3 Å². The Bertz CT molecular complexity index is 815. The number of rotatable bonds is 5. The van der Waals surface area contributed by atoms with Gasteiger partial charge in [0.15, 0.2) is 17.3 Å². The van der Waals surface area contributed by atoms with E-state index in [2.05, 4.69) is 5.10 Å². The van der Waals surface area contributed by atoms with Crippen molar-refractivity contribution in [1.82, 2.24) is 14.7 Å². The van der Waals surface area contributed by atoms with E-state index in [1.807, 2.05) is 0 Å². The Balaban J connectivity index is 1.76. The summed E-state index contributed by atoms with van der Waals surface area (Å²) in [4.78, 5) is 27.4. The molecule has 1 atom stereocenters. The van der Waals surface area contributed by atoms with Crippen LogP contribution in [0.5, 0.6) is 11.5 Å². The third kappa shape index (κ3) is 3.42. The number of carbonyl (C=O) groups excluding carboxylic acids is 2. The molecule has 138 valence electrons. The minimum absolute atomic E-state index is 0.0217. The van der Waals surface area contributed by atoms with Crippen LogP contribution < -0.4 is 9.47 Å². The fourth-order valence-corrected chi connectivity index (χ4v) is 3.35. The monoisotopic (exact) mass is 357 g/mol. The highest BCUT2D eigenvalue weighted by molar-refractivity contribution is 5.99. The van der Waals surface area contributed by atoms with E-state index in [4.69, 9.17) is 9.47 Å². The number of aromatic nitrogens is 2. The van der Waals surface area contributed by atoms with E-state index in [1.165, 1.54) is 0 Å². The third-order valence-electron chi connectivity index (χ3n) is 4.79. The van der Waals surface area contributed by atoms with Crippen molar-refractivity contribution in [1.29, 1.82) is 0 Å². The molecule has 7 nitrogen and oxygen atoms in total. The average Bonchev–Trinajstić information content (AvgIpc) is 3.12. The molecule has 1 fully saturated rings. The number of carbonyl (C=O) groups is 2. The zero-order valence-electron chi connectivity index (χ0n) is 15.3. The quantitative estimate of drug-likeness (QED) is 0.767. The molecule has 2 aromatic rings. The van der Waals surface area contributed by atoms with Gasteiger partial charge in [-0.2, -0.15) is 5.10 Å². The van der Waals surface area contributed by atoms with Gasteiger partial charge in [-0.3, -0.25) is 14.3 Å². The summed E-state index contributed by atoms with van der Waals surface area (Å²) in [7, 11) is 4.84. The number of hydrogen-bond acceptors (Lipinski definition) is 5. The molecule has 1 amide bonds. The lowest BCUT2D eigenvalue weighted by atomic mass is 9.89. The largest absolute Gasteiger partial charge is 0.493 e. The molecule has 1 aliphatic rings. The Hall–Kier alpha value is -2.83. The van der Waals surface area contributed by atoms with Gasteiger partial charge in [0, 0.05) is 37.8 Å². The van der Waals surface area contributed by atoms with Gasteiger partial charge in [0.05, 0.1) is 14.2 Å². The van der Waals surface area contributed by atoms with Gasteiger partial charge in [0.2, 0.25) is 0 Å². The lowest BCUT2D eigenvalue weighted by Crippen LogP contribution is -2.43. The predicted octanol–water partition coefficient (Wildman–Crippen LogP) is 2.17. The van der Waals surface area contributed by atoms with Crippen molar-refractivity contribution in [3.63, 3.8) is 0 Å². The molecule has 2 heterocycles. The van der Waals surface area contributed by atoms with Gasteiger partial charge in [-0.25, -0.2) is 0 Å². The normalized spacial score (nSPS) is 17.0. The Morgan fingerprint density at radius 2 is 1.92 bits per heavy atom. The second-order valence-electron chi connectivity index (χ2n) is 6.36. The van der Waals surface area contributed by atoms with Crippen molar-refractivity contribution in [2.45, 2.75) is 12.8 Å². The molecule has 0 saturated carbocycles. The van der Waals surface area contributed by atoms with Gasteiger partial charge in [-0.15, -0.1) is 0 Å². The number of nitrogens with zero attached hydrogens (tertiary/aromatic N) is 3. The van der Waals surface area contributed by atoms with E-state index in [-0.39, 0.29) is 17.6 Å². The molecule has 1 aromatic carbocycles. The summed E-state index contributed by atoms with van der Waals surface area (Å²) in [5.74, 6) is 0.819. The van der Waals surface area contributed by atoms with E-state index in [9.17, 15) is 9.59 Å². The van der Waals surface area contributed by atoms with E-state index in [0.717, 1.165) is 12.8 Å². The molecular weight excluding hydrogens is 334 g/mol. The van der Waals surface area contributed by atoms with Crippen LogP contribution in [-0.4, -0.2) is 53.7 Å². The van der Waals surface area contributed by atoms with Crippen molar-refractivity contribution < 1.29 is 19.1 Å². The van der Waals surface area contributed by atoms with Crippen LogP contribution in [-0.2, 0) is 7.05 Å². The minimum atomic E-state index is -0.223. The zero-order valence-corrected chi connectivity index (χ0v) is 15.3. The maximum Gasteiger partial charge on any atom is 0.272 e. The lowest BCUT2D eigenvalue weighted by Gasteiger charge is -2.32. The number of piperidine rings is 1. The van der Waals surface area contributed by atoms with Crippen LogP contribution >= 0.6 is 0 Å². The average molecular weight is 357 g/mol. The highest BCUT2D eigenvalue weighted by Gasteiger charge is 2.30. The lowest BCUT2D eigenvalue weighted by molar-refractivity contribution is 0.0628. The van der Waals surface area contributed by atoms with Crippen LogP contribution in [0.4, 0.5) is 0 Å². The summed E-state index contributed by atoms with van der Waals surface area (Å²) >= 11 is 0. The molecular formula is C19H23N3O4.